The van der Waals surface area contributed by atoms with Gasteiger partial charge in [-0.15, -0.1) is 0 Å². The van der Waals surface area contributed by atoms with Gasteiger partial charge >= 0.3 is 5.97 Å². The molecule has 0 aromatic carbocycles. The van der Waals surface area contributed by atoms with Crippen molar-refractivity contribution in [2.45, 2.75) is 31.8 Å². The molecule has 0 amide bonds. The molecule has 0 N–H and O–H groups in total. The second-order valence-electron chi connectivity index (χ2n) is 6.40. The molecule has 7 heteroatoms. The molecule has 128 valence electrons. The van der Waals surface area contributed by atoms with E-state index in [-0.39, 0.29) is 5.92 Å². The van der Waals surface area contributed by atoms with Crippen molar-refractivity contribution in [3.8, 4) is 0 Å². The second-order valence-corrected chi connectivity index (χ2v) is 6.40. The van der Waals surface area contributed by atoms with Gasteiger partial charge in [-0.2, -0.15) is 0 Å². The Labute approximate surface area is 145 Å². The molecule has 1 atom stereocenters. The number of hydrogen-bond acceptors (Lipinski definition) is 6. The van der Waals surface area contributed by atoms with E-state index in [9.17, 15) is 4.79 Å². The number of aromatic nitrogens is 5. The van der Waals surface area contributed by atoms with Crippen LogP contribution >= 0.6 is 0 Å². The summed E-state index contributed by atoms with van der Waals surface area (Å²) in [5.41, 5.74) is 1.80. The Morgan fingerprint density at radius 1 is 1.20 bits per heavy atom. The van der Waals surface area contributed by atoms with Crippen LogP contribution in [0, 0.1) is 5.92 Å². The number of hydrogen-bond donors (Lipinski definition) is 0. The van der Waals surface area contributed by atoms with Crippen LogP contribution < -0.4 is 0 Å². The van der Waals surface area contributed by atoms with Crippen molar-refractivity contribution >= 4 is 17.1 Å². The zero-order valence-electron chi connectivity index (χ0n) is 14.0. The van der Waals surface area contributed by atoms with Gasteiger partial charge in [-0.25, -0.2) is 24.7 Å². The SMILES string of the molecule is Cn1cnc2cc(C(=O)O[C@@H](c3ncccn3)C3CCCC3)cnc21. The number of aryl methyl sites for hydroxylation is 1. The summed E-state index contributed by atoms with van der Waals surface area (Å²) in [7, 11) is 1.86. The van der Waals surface area contributed by atoms with Crippen LogP contribution in [0.4, 0.5) is 0 Å². The third kappa shape index (κ3) is 3.09. The summed E-state index contributed by atoms with van der Waals surface area (Å²) in [6.07, 6.45) is 10.5. The topological polar surface area (TPSA) is 82.8 Å². The predicted octanol–water partition coefficient (Wildman–Crippen LogP) is 2.85. The minimum Gasteiger partial charge on any atom is -0.450 e. The van der Waals surface area contributed by atoms with Gasteiger partial charge in [0.2, 0.25) is 0 Å². The Bertz CT molecular complexity index is 887. The molecule has 0 radical (unpaired) electrons. The van der Waals surface area contributed by atoms with Crippen molar-refractivity contribution in [3.05, 3.63) is 48.4 Å². The van der Waals surface area contributed by atoms with E-state index in [1.807, 2.05) is 11.6 Å². The molecule has 4 rings (SSSR count). The lowest BCUT2D eigenvalue weighted by Crippen LogP contribution is -2.20. The molecule has 0 saturated heterocycles. The van der Waals surface area contributed by atoms with Crippen molar-refractivity contribution in [2.75, 3.05) is 0 Å². The van der Waals surface area contributed by atoms with Gasteiger partial charge in [0.25, 0.3) is 0 Å². The fourth-order valence-electron chi connectivity index (χ4n) is 3.39. The van der Waals surface area contributed by atoms with Gasteiger partial charge in [0, 0.05) is 31.6 Å². The maximum atomic E-state index is 12.7. The number of fused-ring (bicyclic) bond motifs is 1. The third-order valence-corrected chi connectivity index (χ3v) is 4.69. The number of imidazole rings is 1. The summed E-state index contributed by atoms with van der Waals surface area (Å²) in [6.45, 7) is 0. The Balaban J connectivity index is 1.60. The molecular formula is C18H19N5O2. The van der Waals surface area contributed by atoms with E-state index in [0.29, 0.717) is 16.9 Å². The minimum atomic E-state index is -0.421. The van der Waals surface area contributed by atoms with E-state index in [4.69, 9.17) is 4.74 Å². The maximum absolute atomic E-state index is 12.7. The van der Waals surface area contributed by atoms with E-state index in [0.717, 1.165) is 31.3 Å². The minimum absolute atomic E-state index is 0.262. The Morgan fingerprint density at radius 3 is 2.72 bits per heavy atom. The highest BCUT2D eigenvalue weighted by Crippen LogP contribution is 2.37. The van der Waals surface area contributed by atoms with Crippen LogP contribution in [0.3, 0.4) is 0 Å². The van der Waals surface area contributed by atoms with Crippen molar-refractivity contribution < 1.29 is 9.53 Å². The summed E-state index contributed by atoms with van der Waals surface area (Å²) in [4.78, 5) is 29.8. The van der Waals surface area contributed by atoms with E-state index < -0.39 is 12.1 Å². The number of rotatable bonds is 4. The Kier molecular flexibility index (Phi) is 4.13. The summed E-state index contributed by atoms with van der Waals surface area (Å²) < 4.78 is 7.63. The quantitative estimate of drug-likeness (QED) is 0.681. The van der Waals surface area contributed by atoms with Crippen LogP contribution in [0.15, 0.2) is 37.1 Å². The van der Waals surface area contributed by atoms with Crippen LogP contribution in [-0.2, 0) is 11.8 Å². The number of nitrogens with zero attached hydrogens (tertiary/aromatic N) is 5. The van der Waals surface area contributed by atoms with Crippen LogP contribution in [0.2, 0.25) is 0 Å². The van der Waals surface area contributed by atoms with Crippen molar-refractivity contribution in [3.63, 3.8) is 0 Å². The highest BCUT2D eigenvalue weighted by Gasteiger charge is 2.32. The monoisotopic (exact) mass is 337 g/mol. The smallest absolute Gasteiger partial charge is 0.340 e. The Hall–Kier alpha value is -2.83. The van der Waals surface area contributed by atoms with Gasteiger partial charge in [-0.1, -0.05) is 12.8 Å². The first-order valence-corrected chi connectivity index (χ1v) is 8.47. The molecule has 1 fully saturated rings. The average molecular weight is 337 g/mol. The zero-order valence-corrected chi connectivity index (χ0v) is 14.0. The number of carbonyl (C=O) groups excluding carboxylic acids is 1. The molecule has 0 unspecified atom stereocenters. The molecule has 1 aliphatic rings. The fraction of sp³-hybridized carbons (Fsp3) is 0.389. The second kappa shape index (κ2) is 6.58. The fourth-order valence-corrected chi connectivity index (χ4v) is 3.39. The lowest BCUT2D eigenvalue weighted by Gasteiger charge is -2.22. The van der Waals surface area contributed by atoms with Crippen molar-refractivity contribution in [1.29, 1.82) is 0 Å². The normalized spacial score (nSPS) is 16.2. The van der Waals surface area contributed by atoms with Gasteiger partial charge in [0.15, 0.2) is 17.6 Å². The van der Waals surface area contributed by atoms with Crippen LogP contribution in [0.5, 0.6) is 0 Å². The van der Waals surface area contributed by atoms with E-state index in [1.165, 1.54) is 6.20 Å². The largest absolute Gasteiger partial charge is 0.450 e. The molecule has 0 spiro atoms. The zero-order chi connectivity index (χ0) is 17.2. The summed E-state index contributed by atoms with van der Waals surface area (Å²) in [5.74, 6) is 0.414. The first-order chi connectivity index (χ1) is 12.2. The highest BCUT2D eigenvalue weighted by molar-refractivity contribution is 5.92. The number of esters is 1. The van der Waals surface area contributed by atoms with Gasteiger partial charge in [0.1, 0.15) is 5.52 Å². The third-order valence-electron chi connectivity index (χ3n) is 4.69. The molecular weight excluding hydrogens is 318 g/mol. The van der Waals surface area contributed by atoms with Gasteiger partial charge < -0.3 is 9.30 Å². The summed E-state index contributed by atoms with van der Waals surface area (Å²) >= 11 is 0. The standard InChI is InChI=1S/C18H19N5O2/c1-23-11-22-14-9-13(10-21-17(14)23)18(24)25-15(12-5-2-3-6-12)16-19-7-4-8-20-16/h4,7-12,15H,2-3,5-6H2,1H3/t15-/m1/s1. The number of carbonyl (C=O) groups is 1. The van der Waals surface area contributed by atoms with Gasteiger partial charge in [-0.05, 0) is 25.0 Å². The van der Waals surface area contributed by atoms with Crippen LogP contribution in [-0.4, -0.2) is 30.5 Å². The van der Waals surface area contributed by atoms with Crippen molar-refractivity contribution in [1.82, 2.24) is 24.5 Å². The number of pyridine rings is 1. The molecule has 0 bridgehead atoms. The van der Waals surface area contributed by atoms with E-state index in [2.05, 4.69) is 19.9 Å². The van der Waals surface area contributed by atoms with Crippen LogP contribution in [0.1, 0.15) is 48.0 Å². The van der Waals surface area contributed by atoms with Gasteiger partial charge in [-0.3, -0.25) is 0 Å². The van der Waals surface area contributed by atoms with Gasteiger partial charge in [0.05, 0.1) is 11.9 Å². The molecule has 3 heterocycles. The molecule has 3 aromatic rings. The Morgan fingerprint density at radius 2 is 1.96 bits per heavy atom. The summed E-state index contributed by atoms with van der Waals surface area (Å²) in [5, 5.41) is 0. The van der Waals surface area contributed by atoms with Crippen molar-refractivity contribution in [2.24, 2.45) is 13.0 Å². The van der Waals surface area contributed by atoms with E-state index >= 15 is 0 Å². The molecule has 0 aliphatic heterocycles. The van der Waals surface area contributed by atoms with E-state index in [1.54, 1.807) is 30.9 Å². The first-order valence-electron chi connectivity index (χ1n) is 8.47. The molecule has 7 nitrogen and oxygen atoms in total. The number of ether oxygens (including phenoxy) is 1. The molecule has 3 aromatic heterocycles. The molecule has 1 saturated carbocycles. The lowest BCUT2D eigenvalue weighted by molar-refractivity contribution is 0.0108. The lowest BCUT2D eigenvalue weighted by atomic mass is 10.00. The molecule has 25 heavy (non-hydrogen) atoms. The van der Waals surface area contributed by atoms with Crippen LogP contribution in [0.25, 0.3) is 11.2 Å². The average Bonchev–Trinajstić information content (AvgIpc) is 3.30. The maximum Gasteiger partial charge on any atom is 0.340 e. The molecule has 1 aliphatic carbocycles. The summed E-state index contributed by atoms with van der Waals surface area (Å²) in [6, 6.07) is 3.47. The predicted molar refractivity (Wildman–Crippen MR) is 90.7 cm³/mol. The highest BCUT2D eigenvalue weighted by atomic mass is 16.5. The first kappa shape index (κ1) is 15.7.